The van der Waals surface area contributed by atoms with Crippen molar-refractivity contribution < 1.29 is 4.79 Å². The van der Waals surface area contributed by atoms with Crippen LogP contribution in [0.3, 0.4) is 0 Å². The van der Waals surface area contributed by atoms with Crippen molar-refractivity contribution in [1.29, 1.82) is 0 Å². The summed E-state index contributed by atoms with van der Waals surface area (Å²) in [5.41, 5.74) is 3.18. The second kappa shape index (κ2) is 6.31. The van der Waals surface area contributed by atoms with Crippen molar-refractivity contribution in [2.45, 2.75) is 13.0 Å². The molecule has 2 aromatic carbocycles. The molecule has 0 saturated carbocycles. The van der Waals surface area contributed by atoms with E-state index in [4.69, 9.17) is 0 Å². The molecule has 3 heteroatoms. The van der Waals surface area contributed by atoms with Gasteiger partial charge in [-0.1, -0.05) is 48.5 Å². The monoisotopic (exact) mass is 290 g/mol. The third kappa shape index (κ3) is 2.93. The Balaban J connectivity index is 2.06. The highest BCUT2D eigenvalue weighted by Gasteiger charge is 2.18. The molecule has 3 rings (SSSR count). The van der Waals surface area contributed by atoms with E-state index in [1.807, 2.05) is 66.9 Å². The molecule has 1 N–H and O–H groups in total. The quantitative estimate of drug-likeness (QED) is 0.781. The topological polar surface area (TPSA) is 34.0 Å². The minimum atomic E-state index is -0.172. The molecule has 1 amide bonds. The van der Waals surface area contributed by atoms with Gasteiger partial charge < -0.3 is 9.88 Å². The summed E-state index contributed by atoms with van der Waals surface area (Å²) in [5, 5.41) is 3.05. The van der Waals surface area contributed by atoms with Crippen molar-refractivity contribution in [2.75, 3.05) is 0 Å². The fraction of sp³-hybridized carbons (Fsp3) is 0.105. The number of para-hydroxylation sites is 1. The molecule has 1 heterocycles. The van der Waals surface area contributed by atoms with E-state index in [9.17, 15) is 4.79 Å². The first kappa shape index (κ1) is 14.1. The highest BCUT2D eigenvalue weighted by molar-refractivity contribution is 5.74. The zero-order chi connectivity index (χ0) is 15.4. The fourth-order valence-electron chi connectivity index (χ4n) is 2.63. The van der Waals surface area contributed by atoms with Crippen LogP contribution in [0.5, 0.6) is 0 Å². The molecule has 0 fully saturated rings. The lowest BCUT2D eigenvalue weighted by Gasteiger charge is -2.21. The molecule has 0 aliphatic carbocycles. The number of nitrogens with zero attached hydrogens (tertiary/aromatic N) is 1. The van der Waals surface area contributed by atoms with Crippen LogP contribution in [-0.4, -0.2) is 10.5 Å². The molecule has 0 aliphatic rings. The van der Waals surface area contributed by atoms with Crippen molar-refractivity contribution in [3.63, 3.8) is 0 Å². The van der Waals surface area contributed by atoms with Crippen molar-refractivity contribution in [2.24, 2.45) is 0 Å². The molecular weight excluding hydrogens is 272 g/mol. The molecule has 1 atom stereocenters. The van der Waals surface area contributed by atoms with Gasteiger partial charge in [-0.3, -0.25) is 4.79 Å². The summed E-state index contributed by atoms with van der Waals surface area (Å²) in [6, 6.07) is 24.0. The number of carbonyl (C=O) groups is 1. The van der Waals surface area contributed by atoms with E-state index in [1.54, 1.807) is 6.92 Å². The van der Waals surface area contributed by atoms with Crippen LogP contribution in [-0.2, 0) is 4.79 Å². The standard InChI is InChI=1S/C19H18N2O/c1-15(22)20-19(16-9-4-2-5-10-16)18-13-8-14-21(18)17-11-6-3-7-12-17/h2-14,19H,1H3,(H,20,22). The van der Waals surface area contributed by atoms with Crippen LogP contribution in [0, 0.1) is 0 Å². The first-order valence-corrected chi connectivity index (χ1v) is 7.30. The number of carbonyl (C=O) groups excluding carboxylic acids is 1. The van der Waals surface area contributed by atoms with Crippen molar-refractivity contribution in [3.8, 4) is 5.69 Å². The minimum Gasteiger partial charge on any atom is -0.344 e. The van der Waals surface area contributed by atoms with Crippen LogP contribution in [0.25, 0.3) is 5.69 Å². The van der Waals surface area contributed by atoms with Crippen LogP contribution in [0.15, 0.2) is 79.0 Å². The maximum atomic E-state index is 11.7. The van der Waals surface area contributed by atoms with E-state index in [0.717, 1.165) is 16.9 Å². The smallest absolute Gasteiger partial charge is 0.217 e. The van der Waals surface area contributed by atoms with Crippen LogP contribution in [0.4, 0.5) is 0 Å². The number of hydrogen-bond donors (Lipinski definition) is 1. The number of nitrogens with one attached hydrogen (secondary N) is 1. The average molecular weight is 290 g/mol. The van der Waals surface area contributed by atoms with Gasteiger partial charge in [0.2, 0.25) is 5.91 Å². The minimum absolute atomic E-state index is 0.0466. The molecule has 0 aliphatic heterocycles. The van der Waals surface area contributed by atoms with Crippen LogP contribution in [0.2, 0.25) is 0 Å². The Labute approximate surface area is 130 Å². The van der Waals surface area contributed by atoms with Crippen LogP contribution in [0.1, 0.15) is 24.2 Å². The Kier molecular flexibility index (Phi) is 4.05. The SMILES string of the molecule is CC(=O)NC(c1ccccc1)c1cccn1-c1ccccc1. The molecule has 110 valence electrons. The lowest BCUT2D eigenvalue weighted by Crippen LogP contribution is -2.28. The Morgan fingerprint density at radius 3 is 2.18 bits per heavy atom. The fourth-order valence-corrected chi connectivity index (χ4v) is 2.63. The predicted octanol–water partition coefficient (Wildman–Crippen LogP) is 3.70. The summed E-state index contributed by atoms with van der Waals surface area (Å²) >= 11 is 0. The highest BCUT2D eigenvalue weighted by Crippen LogP contribution is 2.25. The molecule has 0 spiro atoms. The van der Waals surface area contributed by atoms with E-state index in [2.05, 4.69) is 22.0 Å². The van der Waals surface area contributed by atoms with E-state index >= 15 is 0 Å². The molecule has 22 heavy (non-hydrogen) atoms. The average Bonchev–Trinajstić information content (AvgIpc) is 3.03. The Morgan fingerprint density at radius 2 is 1.55 bits per heavy atom. The zero-order valence-corrected chi connectivity index (χ0v) is 12.4. The molecule has 0 radical (unpaired) electrons. The summed E-state index contributed by atoms with van der Waals surface area (Å²) in [6.07, 6.45) is 2.02. The van der Waals surface area contributed by atoms with Gasteiger partial charge in [-0.25, -0.2) is 0 Å². The van der Waals surface area contributed by atoms with Gasteiger partial charge in [0, 0.05) is 24.5 Å². The molecular formula is C19H18N2O. The van der Waals surface area contributed by atoms with Gasteiger partial charge in [-0.15, -0.1) is 0 Å². The molecule has 0 saturated heterocycles. The van der Waals surface area contributed by atoms with Crippen LogP contribution < -0.4 is 5.32 Å². The van der Waals surface area contributed by atoms with Gasteiger partial charge in [-0.05, 0) is 29.8 Å². The molecule has 1 unspecified atom stereocenters. The largest absolute Gasteiger partial charge is 0.344 e. The summed E-state index contributed by atoms with van der Waals surface area (Å²) < 4.78 is 2.10. The predicted molar refractivity (Wildman–Crippen MR) is 87.9 cm³/mol. The van der Waals surface area contributed by atoms with E-state index in [0.29, 0.717) is 0 Å². The van der Waals surface area contributed by atoms with Gasteiger partial charge in [-0.2, -0.15) is 0 Å². The zero-order valence-electron chi connectivity index (χ0n) is 12.4. The maximum absolute atomic E-state index is 11.7. The third-order valence-electron chi connectivity index (χ3n) is 3.59. The second-order valence-electron chi connectivity index (χ2n) is 5.18. The molecule has 1 aromatic heterocycles. The Hall–Kier alpha value is -2.81. The van der Waals surface area contributed by atoms with Crippen molar-refractivity contribution in [1.82, 2.24) is 9.88 Å². The lowest BCUT2D eigenvalue weighted by atomic mass is 10.0. The summed E-state index contributed by atoms with van der Waals surface area (Å²) in [5.74, 6) is -0.0466. The summed E-state index contributed by atoms with van der Waals surface area (Å²) in [4.78, 5) is 11.7. The highest BCUT2D eigenvalue weighted by atomic mass is 16.1. The van der Waals surface area contributed by atoms with E-state index in [1.165, 1.54) is 0 Å². The second-order valence-corrected chi connectivity index (χ2v) is 5.18. The normalized spacial score (nSPS) is 11.9. The van der Waals surface area contributed by atoms with Crippen LogP contribution >= 0.6 is 0 Å². The van der Waals surface area contributed by atoms with E-state index in [-0.39, 0.29) is 11.9 Å². The number of hydrogen-bond acceptors (Lipinski definition) is 1. The summed E-state index contributed by atoms with van der Waals surface area (Å²) in [6.45, 7) is 1.55. The van der Waals surface area contributed by atoms with Gasteiger partial charge in [0.25, 0.3) is 0 Å². The molecule has 0 bridgehead atoms. The first-order chi connectivity index (χ1) is 10.8. The first-order valence-electron chi connectivity index (χ1n) is 7.30. The molecule has 3 nitrogen and oxygen atoms in total. The van der Waals surface area contributed by atoms with Crippen molar-refractivity contribution >= 4 is 5.91 Å². The van der Waals surface area contributed by atoms with E-state index < -0.39 is 0 Å². The van der Waals surface area contributed by atoms with Gasteiger partial charge in [0.05, 0.1) is 6.04 Å². The maximum Gasteiger partial charge on any atom is 0.217 e. The van der Waals surface area contributed by atoms with Gasteiger partial charge in [0.15, 0.2) is 0 Å². The number of amides is 1. The molecule has 3 aromatic rings. The number of aromatic nitrogens is 1. The van der Waals surface area contributed by atoms with Crippen molar-refractivity contribution in [3.05, 3.63) is 90.3 Å². The van der Waals surface area contributed by atoms with Gasteiger partial charge in [0.1, 0.15) is 0 Å². The Morgan fingerprint density at radius 1 is 0.909 bits per heavy atom. The third-order valence-corrected chi connectivity index (χ3v) is 3.59. The summed E-state index contributed by atoms with van der Waals surface area (Å²) in [7, 11) is 0. The number of rotatable bonds is 4. The Bertz CT molecular complexity index is 747. The number of benzene rings is 2. The lowest BCUT2D eigenvalue weighted by molar-refractivity contribution is -0.119. The van der Waals surface area contributed by atoms with Gasteiger partial charge >= 0.3 is 0 Å².